The van der Waals surface area contributed by atoms with Gasteiger partial charge in [0.2, 0.25) is 0 Å². The molecule has 0 aromatic heterocycles. The summed E-state index contributed by atoms with van der Waals surface area (Å²) in [6.45, 7) is 9.93. The van der Waals surface area contributed by atoms with Gasteiger partial charge in [-0.15, -0.1) is 0 Å². The average Bonchev–Trinajstić information content (AvgIpc) is 2.24. The first kappa shape index (κ1) is 21.2. The molecular weight excluding hydrogens is 306 g/mol. The Hall–Kier alpha value is -0.0666. The second-order valence-electron chi connectivity index (χ2n) is 4.58. The third-order valence-electron chi connectivity index (χ3n) is 1.62. The summed E-state index contributed by atoms with van der Waals surface area (Å²) in [5, 5.41) is 0. The Bertz CT molecular complexity index is 217. The SMILES string of the molecule is CC(=O)OOCCOCCOCCOC(C)(C)C.[Zn]. The van der Waals surface area contributed by atoms with Crippen molar-refractivity contribution in [1.29, 1.82) is 0 Å². The summed E-state index contributed by atoms with van der Waals surface area (Å²) in [6.07, 6.45) is 0. The maximum absolute atomic E-state index is 10.3. The van der Waals surface area contributed by atoms with E-state index in [0.29, 0.717) is 33.0 Å². The van der Waals surface area contributed by atoms with E-state index < -0.39 is 5.97 Å². The Morgan fingerprint density at radius 2 is 1.37 bits per heavy atom. The molecule has 0 aliphatic rings. The van der Waals surface area contributed by atoms with Crippen LogP contribution in [-0.2, 0) is 48.3 Å². The zero-order valence-electron chi connectivity index (χ0n) is 12.4. The van der Waals surface area contributed by atoms with E-state index in [1.807, 2.05) is 20.8 Å². The van der Waals surface area contributed by atoms with Crippen LogP contribution in [0, 0.1) is 0 Å². The van der Waals surface area contributed by atoms with Gasteiger partial charge in [0.15, 0.2) is 0 Å². The van der Waals surface area contributed by atoms with Gasteiger partial charge in [-0.2, -0.15) is 4.89 Å². The molecule has 0 radical (unpaired) electrons. The number of carbonyl (C=O) groups excluding carboxylic acids is 1. The fourth-order valence-electron chi connectivity index (χ4n) is 0.946. The van der Waals surface area contributed by atoms with Crippen LogP contribution in [0.3, 0.4) is 0 Å². The van der Waals surface area contributed by atoms with Crippen LogP contribution in [0.1, 0.15) is 27.7 Å². The number of carbonyl (C=O) groups is 1. The molecule has 0 aliphatic heterocycles. The molecule has 7 heteroatoms. The molecule has 0 N–H and O–H groups in total. The zero-order valence-corrected chi connectivity index (χ0v) is 15.4. The van der Waals surface area contributed by atoms with Crippen LogP contribution in [-0.4, -0.2) is 51.2 Å². The molecule has 0 saturated carbocycles. The van der Waals surface area contributed by atoms with Gasteiger partial charge in [-0.1, -0.05) is 0 Å². The van der Waals surface area contributed by atoms with Crippen molar-refractivity contribution in [2.75, 3.05) is 39.6 Å². The van der Waals surface area contributed by atoms with Gasteiger partial charge in [0, 0.05) is 26.4 Å². The molecule has 0 aromatic rings. The van der Waals surface area contributed by atoms with Gasteiger partial charge in [0.05, 0.1) is 38.6 Å². The van der Waals surface area contributed by atoms with Gasteiger partial charge >= 0.3 is 5.97 Å². The first-order valence-electron chi connectivity index (χ1n) is 6.01. The molecule has 0 atom stereocenters. The minimum absolute atomic E-state index is 0. The smallest absolute Gasteiger partial charge is 0.339 e. The van der Waals surface area contributed by atoms with Gasteiger partial charge in [0.1, 0.15) is 6.61 Å². The number of rotatable bonds is 10. The van der Waals surface area contributed by atoms with Crippen LogP contribution < -0.4 is 0 Å². The molecular formula is C12H24O6Zn. The van der Waals surface area contributed by atoms with Gasteiger partial charge < -0.3 is 14.2 Å². The van der Waals surface area contributed by atoms with Gasteiger partial charge in [0.25, 0.3) is 0 Å². The predicted molar refractivity (Wildman–Crippen MR) is 65.1 cm³/mol. The third-order valence-corrected chi connectivity index (χ3v) is 1.62. The molecule has 19 heavy (non-hydrogen) atoms. The van der Waals surface area contributed by atoms with Crippen molar-refractivity contribution in [1.82, 2.24) is 0 Å². The van der Waals surface area contributed by atoms with Crippen molar-refractivity contribution in [2.45, 2.75) is 33.3 Å². The third kappa shape index (κ3) is 20.4. The summed E-state index contributed by atoms with van der Waals surface area (Å²) >= 11 is 0. The fraction of sp³-hybridized carbons (Fsp3) is 0.917. The molecule has 0 rings (SSSR count). The first-order valence-corrected chi connectivity index (χ1v) is 6.01. The molecule has 0 unspecified atom stereocenters. The number of ether oxygens (including phenoxy) is 3. The molecule has 0 amide bonds. The Kier molecular flexibility index (Phi) is 14.5. The van der Waals surface area contributed by atoms with E-state index in [1.54, 1.807) is 0 Å². The molecule has 0 heterocycles. The summed E-state index contributed by atoms with van der Waals surface area (Å²) < 4.78 is 16.0. The standard InChI is InChI=1S/C12H24O6.Zn/c1-11(13)18-17-10-8-15-6-5-14-7-9-16-12(2,3)4;/h5-10H2,1-4H3;. The number of hydrogen-bond acceptors (Lipinski definition) is 6. The molecule has 0 spiro atoms. The molecule has 0 aromatic carbocycles. The summed E-state index contributed by atoms with van der Waals surface area (Å²) in [6, 6.07) is 0. The van der Waals surface area contributed by atoms with E-state index in [1.165, 1.54) is 6.92 Å². The summed E-state index contributed by atoms with van der Waals surface area (Å²) in [4.78, 5) is 19.1. The van der Waals surface area contributed by atoms with Crippen molar-refractivity contribution >= 4 is 5.97 Å². The Morgan fingerprint density at radius 3 is 1.84 bits per heavy atom. The molecule has 0 saturated heterocycles. The second-order valence-corrected chi connectivity index (χ2v) is 4.58. The quantitative estimate of drug-likeness (QED) is 0.261. The van der Waals surface area contributed by atoms with E-state index in [-0.39, 0.29) is 31.7 Å². The molecule has 0 aliphatic carbocycles. The first-order chi connectivity index (χ1) is 8.42. The predicted octanol–water partition coefficient (Wildman–Crippen LogP) is 1.33. The zero-order chi connectivity index (χ0) is 13.9. The van der Waals surface area contributed by atoms with E-state index >= 15 is 0 Å². The summed E-state index contributed by atoms with van der Waals surface area (Å²) in [7, 11) is 0. The minimum atomic E-state index is -0.475. The maximum Gasteiger partial charge on any atom is 0.339 e. The van der Waals surface area contributed by atoms with E-state index in [9.17, 15) is 4.79 Å². The van der Waals surface area contributed by atoms with Crippen molar-refractivity contribution in [3.05, 3.63) is 0 Å². The van der Waals surface area contributed by atoms with Crippen molar-refractivity contribution in [3.63, 3.8) is 0 Å². The summed E-state index contributed by atoms with van der Waals surface area (Å²) in [5.41, 5.74) is -0.131. The van der Waals surface area contributed by atoms with Gasteiger partial charge in [-0.05, 0) is 20.8 Å². The van der Waals surface area contributed by atoms with Crippen LogP contribution in [0.5, 0.6) is 0 Å². The van der Waals surface area contributed by atoms with E-state index in [4.69, 9.17) is 14.2 Å². The largest absolute Gasteiger partial charge is 0.377 e. The van der Waals surface area contributed by atoms with Gasteiger partial charge in [-0.3, -0.25) is 4.89 Å². The van der Waals surface area contributed by atoms with Crippen LogP contribution in [0.4, 0.5) is 0 Å². The second kappa shape index (κ2) is 12.9. The minimum Gasteiger partial charge on any atom is -0.377 e. The topological polar surface area (TPSA) is 63.2 Å². The number of hydrogen-bond donors (Lipinski definition) is 0. The van der Waals surface area contributed by atoms with Crippen LogP contribution in [0.2, 0.25) is 0 Å². The maximum atomic E-state index is 10.3. The molecule has 0 fully saturated rings. The van der Waals surface area contributed by atoms with Crippen molar-refractivity contribution in [2.24, 2.45) is 0 Å². The van der Waals surface area contributed by atoms with E-state index in [0.717, 1.165) is 0 Å². The Labute approximate surface area is 127 Å². The van der Waals surface area contributed by atoms with Crippen LogP contribution >= 0.6 is 0 Å². The van der Waals surface area contributed by atoms with E-state index in [2.05, 4.69) is 9.78 Å². The normalized spacial score (nSPS) is 10.9. The Morgan fingerprint density at radius 1 is 0.895 bits per heavy atom. The average molecular weight is 330 g/mol. The van der Waals surface area contributed by atoms with Crippen LogP contribution in [0.25, 0.3) is 0 Å². The Balaban J connectivity index is 0. The van der Waals surface area contributed by atoms with Crippen LogP contribution in [0.15, 0.2) is 0 Å². The van der Waals surface area contributed by atoms with Crippen molar-refractivity contribution in [3.8, 4) is 0 Å². The van der Waals surface area contributed by atoms with Crippen molar-refractivity contribution < 1.29 is 48.3 Å². The molecule has 6 nitrogen and oxygen atoms in total. The molecule has 110 valence electrons. The monoisotopic (exact) mass is 328 g/mol. The summed E-state index contributed by atoms with van der Waals surface area (Å²) in [5.74, 6) is -0.475. The van der Waals surface area contributed by atoms with Gasteiger partial charge in [-0.25, -0.2) is 4.79 Å². The fourth-order valence-corrected chi connectivity index (χ4v) is 0.946. The molecule has 0 bridgehead atoms.